The molecule has 0 bridgehead atoms. The first-order valence-electron chi connectivity index (χ1n) is 6.39. The smallest absolute Gasteiger partial charge is 0.0459 e. The molecule has 0 radical (unpaired) electrons. The summed E-state index contributed by atoms with van der Waals surface area (Å²) in [5, 5.41) is 4.63. The number of hydrogen-bond donors (Lipinski definition) is 2. The molecule has 2 rings (SSSR count). The number of fused-ring (bicyclic) bond motifs is 1. The molecule has 0 aliphatic heterocycles. The number of aromatic nitrogens is 1. The maximum atomic E-state index is 3.57. The van der Waals surface area contributed by atoms with E-state index < -0.39 is 0 Å². The second-order valence-corrected chi connectivity index (χ2v) is 5.07. The quantitative estimate of drug-likeness (QED) is 0.828. The summed E-state index contributed by atoms with van der Waals surface area (Å²) in [5.74, 6) is 0.551. The Labute approximate surface area is 103 Å². The van der Waals surface area contributed by atoms with E-state index in [4.69, 9.17) is 0 Å². The summed E-state index contributed by atoms with van der Waals surface area (Å²) in [6.07, 6.45) is 1.09. The molecule has 0 fully saturated rings. The molecule has 92 valence electrons. The number of likely N-dealkylation sites (N-methyl/N-ethyl adjacent to an activating group) is 1. The van der Waals surface area contributed by atoms with E-state index in [-0.39, 0.29) is 0 Å². The molecule has 2 aromatic rings. The minimum Gasteiger partial charge on any atom is -0.358 e. The zero-order chi connectivity index (χ0) is 12.4. The third kappa shape index (κ3) is 2.37. The van der Waals surface area contributed by atoms with Crippen molar-refractivity contribution in [3.05, 3.63) is 35.0 Å². The van der Waals surface area contributed by atoms with E-state index in [0.717, 1.165) is 13.0 Å². The second-order valence-electron chi connectivity index (χ2n) is 5.07. The fourth-order valence-corrected chi connectivity index (χ4v) is 2.39. The van der Waals surface area contributed by atoms with E-state index in [0.29, 0.717) is 5.92 Å². The van der Waals surface area contributed by atoms with Gasteiger partial charge in [-0.15, -0.1) is 0 Å². The Balaban J connectivity index is 2.56. The Morgan fingerprint density at radius 1 is 1.29 bits per heavy atom. The van der Waals surface area contributed by atoms with Gasteiger partial charge in [0.05, 0.1) is 0 Å². The van der Waals surface area contributed by atoms with Gasteiger partial charge >= 0.3 is 0 Å². The van der Waals surface area contributed by atoms with Crippen molar-refractivity contribution in [3.8, 4) is 0 Å². The van der Waals surface area contributed by atoms with Crippen LogP contribution in [0, 0.1) is 6.92 Å². The average Bonchev–Trinajstić information content (AvgIpc) is 2.64. The maximum Gasteiger partial charge on any atom is 0.0459 e. The van der Waals surface area contributed by atoms with E-state index >= 15 is 0 Å². The first-order valence-corrected chi connectivity index (χ1v) is 6.39. The molecule has 0 aliphatic carbocycles. The van der Waals surface area contributed by atoms with Gasteiger partial charge in [0.15, 0.2) is 0 Å². The van der Waals surface area contributed by atoms with Crippen LogP contribution < -0.4 is 5.32 Å². The lowest BCUT2D eigenvalue weighted by Crippen LogP contribution is -2.11. The van der Waals surface area contributed by atoms with Crippen LogP contribution in [0.3, 0.4) is 0 Å². The van der Waals surface area contributed by atoms with Crippen molar-refractivity contribution >= 4 is 10.9 Å². The summed E-state index contributed by atoms with van der Waals surface area (Å²) in [6.45, 7) is 7.69. The van der Waals surface area contributed by atoms with Gasteiger partial charge in [0.25, 0.3) is 0 Å². The van der Waals surface area contributed by atoms with E-state index in [1.807, 2.05) is 7.05 Å². The standard InChI is InChI=1S/C15H22N2/c1-10(2)15-12(7-8-16-4)13-9-11(3)5-6-14(13)17-15/h5-6,9-10,16-17H,7-8H2,1-4H3. The molecule has 0 saturated heterocycles. The van der Waals surface area contributed by atoms with Gasteiger partial charge in [-0.3, -0.25) is 0 Å². The number of benzene rings is 1. The number of aromatic amines is 1. The number of nitrogens with one attached hydrogen (secondary N) is 2. The van der Waals surface area contributed by atoms with Gasteiger partial charge in [0.1, 0.15) is 0 Å². The fourth-order valence-electron chi connectivity index (χ4n) is 2.39. The van der Waals surface area contributed by atoms with Gasteiger partial charge in [-0.2, -0.15) is 0 Å². The molecule has 2 N–H and O–H groups in total. The second kappa shape index (κ2) is 4.92. The summed E-state index contributed by atoms with van der Waals surface area (Å²) < 4.78 is 0. The Morgan fingerprint density at radius 3 is 2.71 bits per heavy atom. The topological polar surface area (TPSA) is 27.8 Å². The normalized spacial score (nSPS) is 11.6. The highest BCUT2D eigenvalue weighted by molar-refractivity contribution is 5.85. The Morgan fingerprint density at radius 2 is 2.06 bits per heavy atom. The SMILES string of the molecule is CNCCc1c(C(C)C)[nH]c2ccc(C)cc12. The Kier molecular flexibility index (Phi) is 3.53. The molecular formula is C15H22N2. The molecule has 2 heteroatoms. The Hall–Kier alpha value is -1.28. The van der Waals surface area contributed by atoms with Crippen LogP contribution in [0.4, 0.5) is 0 Å². The van der Waals surface area contributed by atoms with Gasteiger partial charge in [0, 0.05) is 16.6 Å². The number of aryl methyl sites for hydroxylation is 1. The van der Waals surface area contributed by atoms with Gasteiger partial charge in [0.2, 0.25) is 0 Å². The lowest BCUT2D eigenvalue weighted by molar-refractivity contribution is 0.764. The summed E-state index contributed by atoms with van der Waals surface area (Å²) in [5.41, 5.74) is 5.47. The summed E-state index contributed by atoms with van der Waals surface area (Å²) in [6, 6.07) is 6.66. The predicted molar refractivity (Wildman–Crippen MR) is 74.8 cm³/mol. The van der Waals surface area contributed by atoms with Crippen molar-refractivity contribution in [3.63, 3.8) is 0 Å². The Bertz CT molecular complexity index is 509. The molecule has 0 spiro atoms. The maximum absolute atomic E-state index is 3.57. The number of H-pyrrole nitrogens is 1. The van der Waals surface area contributed by atoms with Crippen LogP contribution in [0.5, 0.6) is 0 Å². The molecule has 1 aromatic heterocycles. The highest BCUT2D eigenvalue weighted by Crippen LogP contribution is 2.28. The molecule has 0 aliphatic rings. The summed E-state index contributed by atoms with van der Waals surface area (Å²) in [7, 11) is 2.01. The van der Waals surface area contributed by atoms with Gasteiger partial charge in [-0.1, -0.05) is 25.5 Å². The molecule has 1 aromatic carbocycles. The van der Waals surface area contributed by atoms with Crippen molar-refractivity contribution in [1.29, 1.82) is 0 Å². The number of hydrogen-bond acceptors (Lipinski definition) is 1. The van der Waals surface area contributed by atoms with Crippen molar-refractivity contribution < 1.29 is 0 Å². The highest BCUT2D eigenvalue weighted by atomic mass is 14.8. The monoisotopic (exact) mass is 230 g/mol. The molecule has 2 nitrogen and oxygen atoms in total. The predicted octanol–water partition coefficient (Wildman–Crippen LogP) is 3.36. The molecule has 0 amide bonds. The van der Waals surface area contributed by atoms with Crippen LogP contribution in [0.1, 0.15) is 36.6 Å². The van der Waals surface area contributed by atoms with Crippen LogP contribution in [0.2, 0.25) is 0 Å². The lowest BCUT2D eigenvalue weighted by atomic mass is 10.0. The molecular weight excluding hydrogens is 208 g/mol. The largest absolute Gasteiger partial charge is 0.358 e. The zero-order valence-electron chi connectivity index (χ0n) is 11.2. The minimum absolute atomic E-state index is 0.551. The van der Waals surface area contributed by atoms with Crippen LogP contribution in [0.25, 0.3) is 10.9 Å². The molecule has 0 atom stereocenters. The number of rotatable bonds is 4. The minimum atomic E-state index is 0.551. The van der Waals surface area contributed by atoms with E-state index in [1.165, 1.54) is 27.7 Å². The first-order chi connectivity index (χ1) is 8.13. The van der Waals surface area contributed by atoms with Crippen LogP contribution in [-0.2, 0) is 6.42 Å². The van der Waals surface area contributed by atoms with Gasteiger partial charge < -0.3 is 10.3 Å². The average molecular weight is 230 g/mol. The summed E-state index contributed by atoms with van der Waals surface area (Å²) >= 11 is 0. The highest BCUT2D eigenvalue weighted by Gasteiger charge is 2.13. The van der Waals surface area contributed by atoms with E-state index in [1.54, 1.807) is 0 Å². The van der Waals surface area contributed by atoms with Crippen molar-refractivity contribution in [2.24, 2.45) is 0 Å². The van der Waals surface area contributed by atoms with Gasteiger partial charge in [-0.25, -0.2) is 0 Å². The van der Waals surface area contributed by atoms with Crippen molar-refractivity contribution in [2.45, 2.75) is 33.1 Å². The lowest BCUT2D eigenvalue weighted by Gasteiger charge is -2.07. The third-order valence-corrected chi connectivity index (χ3v) is 3.30. The van der Waals surface area contributed by atoms with Crippen molar-refractivity contribution in [2.75, 3.05) is 13.6 Å². The zero-order valence-corrected chi connectivity index (χ0v) is 11.2. The van der Waals surface area contributed by atoms with Crippen molar-refractivity contribution in [1.82, 2.24) is 10.3 Å². The first kappa shape index (κ1) is 12.2. The fraction of sp³-hybridized carbons (Fsp3) is 0.467. The third-order valence-electron chi connectivity index (χ3n) is 3.30. The molecule has 0 saturated carbocycles. The molecule has 17 heavy (non-hydrogen) atoms. The van der Waals surface area contributed by atoms with Crippen LogP contribution in [0.15, 0.2) is 18.2 Å². The van der Waals surface area contributed by atoms with Crippen LogP contribution >= 0.6 is 0 Å². The molecule has 0 unspecified atom stereocenters. The van der Waals surface area contributed by atoms with Crippen LogP contribution in [-0.4, -0.2) is 18.6 Å². The van der Waals surface area contributed by atoms with Gasteiger partial charge in [-0.05, 0) is 50.6 Å². The molecule has 1 heterocycles. The summed E-state index contributed by atoms with van der Waals surface area (Å²) in [4.78, 5) is 3.57. The van der Waals surface area contributed by atoms with E-state index in [2.05, 4.69) is 49.3 Å². The van der Waals surface area contributed by atoms with E-state index in [9.17, 15) is 0 Å².